The van der Waals surface area contributed by atoms with Crippen LogP contribution in [-0.4, -0.2) is 47.0 Å². The Hall–Kier alpha value is -1.43. The van der Waals surface area contributed by atoms with Gasteiger partial charge in [0.2, 0.25) is 11.8 Å². The minimum Gasteiger partial charge on any atom is -0.481 e. The summed E-state index contributed by atoms with van der Waals surface area (Å²) in [5, 5.41) is 8.81. The molecule has 6 heteroatoms. The van der Waals surface area contributed by atoms with Gasteiger partial charge in [0.25, 0.3) is 0 Å². The normalized spacial score (nSPS) is 27.7. The van der Waals surface area contributed by atoms with Crippen molar-refractivity contribution < 1.29 is 24.2 Å². The standard InChI is InChI=1S/C13H19NO5/c1-2-19-8(6-11(15)16)7-14-12(17)9-4-3-5-10(9)13(14)18/h8-10H,2-7H2,1H3,(H,15,16). The van der Waals surface area contributed by atoms with Gasteiger partial charge in [-0.1, -0.05) is 6.42 Å². The molecule has 3 atom stereocenters. The third-order valence-corrected chi connectivity index (χ3v) is 3.87. The van der Waals surface area contributed by atoms with Crippen molar-refractivity contribution in [2.24, 2.45) is 11.8 Å². The number of ether oxygens (including phenoxy) is 1. The fraction of sp³-hybridized carbons (Fsp3) is 0.769. The second kappa shape index (κ2) is 5.69. The zero-order valence-electron chi connectivity index (χ0n) is 11.0. The monoisotopic (exact) mass is 269 g/mol. The number of carbonyl (C=O) groups excluding carboxylic acids is 2. The number of carbonyl (C=O) groups is 3. The predicted molar refractivity (Wildman–Crippen MR) is 65.2 cm³/mol. The molecule has 106 valence electrons. The second-order valence-electron chi connectivity index (χ2n) is 5.11. The Balaban J connectivity index is 2.02. The lowest BCUT2D eigenvalue weighted by molar-refractivity contribution is -0.147. The summed E-state index contributed by atoms with van der Waals surface area (Å²) in [7, 11) is 0. The highest BCUT2D eigenvalue weighted by atomic mass is 16.5. The molecule has 0 aromatic rings. The van der Waals surface area contributed by atoms with E-state index in [9.17, 15) is 14.4 Å². The molecule has 3 unspecified atom stereocenters. The molecule has 0 aromatic heterocycles. The van der Waals surface area contributed by atoms with Crippen molar-refractivity contribution in [2.45, 2.75) is 38.7 Å². The SMILES string of the molecule is CCOC(CC(=O)O)CN1C(=O)C2CCCC2C1=O. The van der Waals surface area contributed by atoms with Crippen LogP contribution in [0.2, 0.25) is 0 Å². The van der Waals surface area contributed by atoms with Crippen LogP contribution in [-0.2, 0) is 19.1 Å². The van der Waals surface area contributed by atoms with Gasteiger partial charge < -0.3 is 9.84 Å². The van der Waals surface area contributed by atoms with Crippen molar-refractivity contribution >= 4 is 17.8 Å². The molecule has 1 aliphatic carbocycles. The van der Waals surface area contributed by atoms with Crippen LogP contribution in [0.25, 0.3) is 0 Å². The van der Waals surface area contributed by atoms with Gasteiger partial charge in [0.05, 0.1) is 30.9 Å². The molecule has 0 radical (unpaired) electrons. The topological polar surface area (TPSA) is 83.9 Å². The lowest BCUT2D eigenvalue weighted by Crippen LogP contribution is -2.40. The molecule has 2 amide bonds. The molecule has 1 N–H and O–H groups in total. The lowest BCUT2D eigenvalue weighted by Gasteiger charge is -2.22. The number of imide groups is 1. The van der Waals surface area contributed by atoms with Gasteiger partial charge in [-0.2, -0.15) is 0 Å². The number of aliphatic carboxylic acids is 1. The average molecular weight is 269 g/mol. The average Bonchev–Trinajstić information content (AvgIpc) is 2.89. The number of rotatable bonds is 6. The first-order chi connectivity index (χ1) is 9.04. The molecule has 2 rings (SSSR count). The van der Waals surface area contributed by atoms with Gasteiger partial charge in [-0.25, -0.2) is 0 Å². The molecule has 1 heterocycles. The molecule has 2 aliphatic rings. The molecule has 0 aromatic carbocycles. The lowest BCUT2D eigenvalue weighted by atomic mass is 10.00. The van der Waals surface area contributed by atoms with E-state index in [1.54, 1.807) is 6.92 Å². The third kappa shape index (κ3) is 2.78. The molecule has 0 spiro atoms. The Morgan fingerprint density at radius 2 is 1.95 bits per heavy atom. The smallest absolute Gasteiger partial charge is 0.306 e. The molecule has 1 saturated carbocycles. The van der Waals surface area contributed by atoms with E-state index in [0.29, 0.717) is 6.61 Å². The minimum atomic E-state index is -0.988. The maximum Gasteiger partial charge on any atom is 0.306 e. The van der Waals surface area contributed by atoms with E-state index in [2.05, 4.69) is 0 Å². The van der Waals surface area contributed by atoms with E-state index in [4.69, 9.17) is 9.84 Å². The summed E-state index contributed by atoms with van der Waals surface area (Å²) in [5.74, 6) is -1.65. The molecule has 0 bridgehead atoms. The number of fused-ring (bicyclic) bond motifs is 1. The summed E-state index contributed by atoms with van der Waals surface area (Å²) in [6.07, 6.45) is 1.65. The van der Waals surface area contributed by atoms with Gasteiger partial charge in [0.1, 0.15) is 0 Å². The van der Waals surface area contributed by atoms with Crippen molar-refractivity contribution in [3.8, 4) is 0 Å². The highest BCUT2D eigenvalue weighted by Gasteiger charge is 2.50. The minimum absolute atomic E-state index is 0.0603. The number of hydrogen-bond acceptors (Lipinski definition) is 4. The number of carboxylic acid groups (broad SMARTS) is 1. The summed E-state index contributed by atoms with van der Waals surface area (Å²) in [6, 6.07) is 0. The fourth-order valence-electron chi connectivity index (χ4n) is 3.05. The molecular formula is C13H19NO5. The van der Waals surface area contributed by atoms with E-state index < -0.39 is 12.1 Å². The van der Waals surface area contributed by atoms with E-state index in [0.717, 1.165) is 19.3 Å². The zero-order valence-corrected chi connectivity index (χ0v) is 11.0. The zero-order chi connectivity index (χ0) is 14.0. The molecule has 1 aliphatic heterocycles. The summed E-state index contributed by atoms with van der Waals surface area (Å²) in [4.78, 5) is 36.2. The Bertz CT molecular complexity index is 372. The first-order valence-corrected chi connectivity index (χ1v) is 6.73. The van der Waals surface area contributed by atoms with Crippen LogP contribution in [0.1, 0.15) is 32.6 Å². The van der Waals surface area contributed by atoms with Gasteiger partial charge in [0, 0.05) is 6.61 Å². The van der Waals surface area contributed by atoms with Crippen LogP contribution in [0.15, 0.2) is 0 Å². The summed E-state index contributed by atoms with van der Waals surface area (Å²) in [5.41, 5.74) is 0. The molecule has 6 nitrogen and oxygen atoms in total. The first kappa shape index (κ1) is 14.0. The van der Waals surface area contributed by atoms with Crippen molar-refractivity contribution in [2.75, 3.05) is 13.2 Å². The van der Waals surface area contributed by atoms with E-state index in [1.807, 2.05) is 0 Å². The maximum absolute atomic E-state index is 12.1. The summed E-state index contributed by atoms with van der Waals surface area (Å²) < 4.78 is 5.31. The van der Waals surface area contributed by atoms with Gasteiger partial charge >= 0.3 is 5.97 Å². The summed E-state index contributed by atoms with van der Waals surface area (Å²) >= 11 is 0. The molecule has 19 heavy (non-hydrogen) atoms. The predicted octanol–water partition coefficient (Wildman–Crippen LogP) is 0.651. The number of hydrogen-bond donors (Lipinski definition) is 1. The van der Waals surface area contributed by atoms with Crippen LogP contribution in [0.5, 0.6) is 0 Å². The number of amides is 2. The van der Waals surface area contributed by atoms with E-state index in [-0.39, 0.29) is 36.6 Å². The van der Waals surface area contributed by atoms with Gasteiger partial charge in [-0.15, -0.1) is 0 Å². The second-order valence-corrected chi connectivity index (χ2v) is 5.11. The van der Waals surface area contributed by atoms with Crippen LogP contribution in [0, 0.1) is 11.8 Å². The first-order valence-electron chi connectivity index (χ1n) is 6.73. The van der Waals surface area contributed by atoms with Gasteiger partial charge in [-0.3, -0.25) is 19.3 Å². The van der Waals surface area contributed by atoms with E-state index in [1.165, 1.54) is 4.90 Å². The number of likely N-dealkylation sites (tertiary alicyclic amines) is 1. The maximum atomic E-state index is 12.1. The van der Waals surface area contributed by atoms with Crippen molar-refractivity contribution in [1.82, 2.24) is 4.90 Å². The molecular weight excluding hydrogens is 250 g/mol. The van der Waals surface area contributed by atoms with Crippen molar-refractivity contribution in [3.05, 3.63) is 0 Å². The fourth-order valence-corrected chi connectivity index (χ4v) is 3.05. The van der Waals surface area contributed by atoms with Crippen molar-refractivity contribution in [1.29, 1.82) is 0 Å². The number of carboxylic acids is 1. The van der Waals surface area contributed by atoms with Crippen LogP contribution in [0.4, 0.5) is 0 Å². The Labute approximate surface area is 111 Å². The molecule has 2 fully saturated rings. The Morgan fingerprint density at radius 1 is 1.37 bits per heavy atom. The van der Waals surface area contributed by atoms with Crippen LogP contribution >= 0.6 is 0 Å². The summed E-state index contributed by atoms with van der Waals surface area (Å²) in [6.45, 7) is 2.18. The van der Waals surface area contributed by atoms with Crippen LogP contribution in [0.3, 0.4) is 0 Å². The quantitative estimate of drug-likeness (QED) is 0.716. The highest BCUT2D eigenvalue weighted by molar-refractivity contribution is 6.05. The Morgan fingerprint density at radius 3 is 2.42 bits per heavy atom. The third-order valence-electron chi connectivity index (χ3n) is 3.87. The van der Waals surface area contributed by atoms with Gasteiger partial charge in [0.15, 0.2) is 0 Å². The largest absolute Gasteiger partial charge is 0.481 e. The van der Waals surface area contributed by atoms with Crippen molar-refractivity contribution in [3.63, 3.8) is 0 Å². The highest BCUT2D eigenvalue weighted by Crippen LogP contribution is 2.39. The van der Waals surface area contributed by atoms with E-state index >= 15 is 0 Å². The Kier molecular flexibility index (Phi) is 4.19. The number of nitrogens with zero attached hydrogens (tertiary/aromatic N) is 1. The van der Waals surface area contributed by atoms with Crippen LogP contribution < -0.4 is 0 Å². The molecule has 1 saturated heterocycles. The van der Waals surface area contributed by atoms with Gasteiger partial charge in [-0.05, 0) is 19.8 Å².